The SMILES string of the molecule is CC(C)[C@H](N)C(=O)N1CC2(CC2)C[C@H]1c1ncc(-c2ccc3c(c2)C(C)(F)c2cc(-c4ccc(-c5cnc([C@@H]6CCCN6C(=O)OC(C)(C)C)[nH]5)cc4)ccc2-3)[nH]1. The molecule has 1 unspecified atom stereocenters. The lowest BCUT2D eigenvalue weighted by Crippen LogP contribution is -2.46. The van der Waals surface area contributed by atoms with Crippen molar-refractivity contribution in [2.24, 2.45) is 17.1 Å². The van der Waals surface area contributed by atoms with Crippen molar-refractivity contribution < 1.29 is 18.7 Å². The highest BCUT2D eigenvalue weighted by Crippen LogP contribution is 2.58. The summed E-state index contributed by atoms with van der Waals surface area (Å²) in [5.74, 6) is 1.54. The number of rotatable bonds is 7. The highest BCUT2D eigenvalue weighted by molar-refractivity contribution is 5.85. The number of carbonyl (C=O) groups is 2. The van der Waals surface area contributed by atoms with Crippen LogP contribution < -0.4 is 5.73 Å². The Labute approximate surface area is 333 Å². The number of imidazole rings is 2. The zero-order chi connectivity index (χ0) is 40.0. The molecule has 296 valence electrons. The number of nitrogens with zero attached hydrogens (tertiary/aromatic N) is 4. The molecule has 0 radical (unpaired) electrons. The van der Waals surface area contributed by atoms with Crippen molar-refractivity contribution in [3.63, 3.8) is 0 Å². The summed E-state index contributed by atoms with van der Waals surface area (Å²) in [4.78, 5) is 46.4. The van der Waals surface area contributed by atoms with E-state index in [4.69, 9.17) is 15.5 Å². The fourth-order valence-corrected chi connectivity index (χ4v) is 9.11. The van der Waals surface area contributed by atoms with Crippen LogP contribution in [0, 0.1) is 11.3 Å². The van der Waals surface area contributed by atoms with E-state index in [2.05, 4.69) is 21.0 Å². The molecular weight excluding hydrogens is 718 g/mol. The molecule has 2 aliphatic carbocycles. The number of hydrogen-bond donors (Lipinski definition) is 3. The predicted molar refractivity (Wildman–Crippen MR) is 219 cm³/mol. The van der Waals surface area contributed by atoms with Gasteiger partial charge in [0.25, 0.3) is 0 Å². The Kier molecular flexibility index (Phi) is 8.77. The van der Waals surface area contributed by atoms with E-state index < -0.39 is 17.3 Å². The van der Waals surface area contributed by atoms with Gasteiger partial charge in [-0.25, -0.2) is 19.2 Å². The molecule has 2 saturated heterocycles. The fraction of sp³-hybridized carbons (Fsp3) is 0.435. The van der Waals surface area contributed by atoms with E-state index in [1.54, 1.807) is 18.0 Å². The maximum Gasteiger partial charge on any atom is 0.410 e. The Morgan fingerprint density at radius 3 is 2.02 bits per heavy atom. The molecule has 2 aliphatic heterocycles. The third-order valence-electron chi connectivity index (χ3n) is 12.6. The van der Waals surface area contributed by atoms with Crippen LogP contribution in [0.15, 0.2) is 73.1 Å². The molecule has 5 aromatic rings. The van der Waals surface area contributed by atoms with Crippen molar-refractivity contribution in [3.05, 3.63) is 95.8 Å². The number of carbonyl (C=O) groups excluding carboxylic acids is 2. The van der Waals surface area contributed by atoms with Crippen molar-refractivity contribution in [2.45, 2.75) is 103 Å². The van der Waals surface area contributed by atoms with E-state index in [-0.39, 0.29) is 35.4 Å². The molecule has 2 amide bonds. The van der Waals surface area contributed by atoms with Gasteiger partial charge >= 0.3 is 6.09 Å². The Bertz CT molecular complexity index is 2370. The molecule has 4 heterocycles. The standard InChI is InChI=1S/C46H52FN7O3/c1-26(2)39(48)42(55)54-25-46(17-18-46)22-38(54)41-50-24-36(52-41)30-14-16-32-31-15-13-29(20-33(31)45(6,47)34(32)21-30)27-9-11-28(12-10-27)35-23-49-40(51-35)37-8-7-19-53(37)43(56)57-44(3,4)5/h9-16,20-21,23-24,26,37-39H,7-8,17-19,22,25,48H2,1-6H3,(H,49,51)(H,50,52)/t37-,38-,39-,45?/m0/s1. The monoisotopic (exact) mass is 769 g/mol. The lowest BCUT2D eigenvalue weighted by molar-refractivity contribution is -0.134. The number of alkyl halides is 1. The second-order valence-corrected chi connectivity index (χ2v) is 18.3. The van der Waals surface area contributed by atoms with Gasteiger partial charge in [-0.3, -0.25) is 9.69 Å². The van der Waals surface area contributed by atoms with Crippen LogP contribution >= 0.6 is 0 Å². The first-order chi connectivity index (χ1) is 27.1. The zero-order valence-corrected chi connectivity index (χ0v) is 33.7. The van der Waals surface area contributed by atoms with Crippen LogP contribution in [0.4, 0.5) is 9.18 Å². The number of aromatic amines is 2. The third kappa shape index (κ3) is 6.63. The number of fused-ring (bicyclic) bond motifs is 3. The van der Waals surface area contributed by atoms with Crippen LogP contribution in [0.2, 0.25) is 0 Å². The summed E-state index contributed by atoms with van der Waals surface area (Å²) < 4.78 is 22.7. The number of aromatic nitrogens is 4. The van der Waals surface area contributed by atoms with Gasteiger partial charge in [0.2, 0.25) is 5.91 Å². The van der Waals surface area contributed by atoms with Crippen molar-refractivity contribution in [1.82, 2.24) is 29.7 Å². The summed E-state index contributed by atoms with van der Waals surface area (Å²) in [5, 5.41) is 0. The van der Waals surface area contributed by atoms with Gasteiger partial charge in [-0.1, -0.05) is 62.4 Å². The molecule has 11 heteroatoms. The van der Waals surface area contributed by atoms with Crippen LogP contribution in [-0.2, 0) is 15.2 Å². The minimum Gasteiger partial charge on any atom is -0.444 e. The highest BCUT2D eigenvalue weighted by Gasteiger charge is 2.55. The quantitative estimate of drug-likeness (QED) is 0.151. The third-order valence-corrected chi connectivity index (χ3v) is 12.6. The molecule has 4 atom stereocenters. The Balaban J connectivity index is 0.924. The molecule has 3 fully saturated rings. The zero-order valence-electron chi connectivity index (χ0n) is 33.7. The molecule has 4 aliphatic rings. The molecule has 1 saturated carbocycles. The van der Waals surface area contributed by atoms with Crippen LogP contribution in [0.5, 0.6) is 0 Å². The molecule has 0 bridgehead atoms. The van der Waals surface area contributed by atoms with Crippen molar-refractivity contribution >= 4 is 12.0 Å². The van der Waals surface area contributed by atoms with Crippen molar-refractivity contribution in [2.75, 3.05) is 13.1 Å². The molecule has 57 heavy (non-hydrogen) atoms. The summed E-state index contributed by atoms with van der Waals surface area (Å²) in [5.41, 5.74) is 12.7. The van der Waals surface area contributed by atoms with Crippen molar-refractivity contribution in [3.8, 4) is 44.8 Å². The number of nitrogens with one attached hydrogen (secondary N) is 2. The van der Waals surface area contributed by atoms with Gasteiger partial charge in [0.15, 0.2) is 5.67 Å². The van der Waals surface area contributed by atoms with Gasteiger partial charge in [0, 0.05) is 24.2 Å². The van der Waals surface area contributed by atoms with Gasteiger partial charge < -0.3 is 25.3 Å². The van der Waals surface area contributed by atoms with Crippen LogP contribution in [0.3, 0.4) is 0 Å². The smallest absolute Gasteiger partial charge is 0.410 e. The van der Waals surface area contributed by atoms with E-state index in [1.807, 2.05) is 100 Å². The fourth-order valence-electron chi connectivity index (χ4n) is 9.11. The highest BCUT2D eigenvalue weighted by atomic mass is 19.1. The van der Waals surface area contributed by atoms with Gasteiger partial charge in [-0.2, -0.15) is 0 Å². The number of ether oxygens (including phenoxy) is 1. The second kappa shape index (κ2) is 13.4. The maximum atomic E-state index is 17.1. The van der Waals surface area contributed by atoms with Gasteiger partial charge in [0.05, 0.1) is 41.9 Å². The molecule has 3 aromatic carbocycles. The van der Waals surface area contributed by atoms with E-state index in [9.17, 15) is 9.59 Å². The molecular formula is C46H52FN7O3. The Morgan fingerprint density at radius 2 is 1.40 bits per heavy atom. The van der Waals surface area contributed by atoms with Gasteiger partial charge in [-0.15, -0.1) is 0 Å². The number of benzene rings is 3. The molecule has 9 rings (SSSR count). The Morgan fingerprint density at radius 1 is 0.842 bits per heavy atom. The number of amides is 2. The molecule has 1 spiro atoms. The number of hydrogen-bond acceptors (Lipinski definition) is 6. The average molecular weight is 770 g/mol. The minimum atomic E-state index is -1.71. The number of likely N-dealkylation sites (tertiary alicyclic amines) is 2. The average Bonchev–Trinajstić information content (AvgIpc) is 3.77. The maximum absolute atomic E-state index is 17.1. The Hall–Kier alpha value is -5.29. The minimum absolute atomic E-state index is 0.0175. The summed E-state index contributed by atoms with van der Waals surface area (Å²) in [6.45, 7) is 12.6. The summed E-state index contributed by atoms with van der Waals surface area (Å²) in [7, 11) is 0. The van der Waals surface area contributed by atoms with E-state index >= 15 is 4.39 Å². The van der Waals surface area contributed by atoms with Crippen LogP contribution in [-0.4, -0.2) is 66.5 Å². The number of H-pyrrole nitrogens is 2. The topological polar surface area (TPSA) is 133 Å². The number of nitrogens with two attached hydrogens (primary N) is 1. The summed E-state index contributed by atoms with van der Waals surface area (Å²) in [6.07, 6.45) is 8.13. The molecule has 4 N–H and O–H groups in total. The largest absolute Gasteiger partial charge is 0.444 e. The lowest BCUT2D eigenvalue weighted by atomic mass is 9.92. The lowest BCUT2D eigenvalue weighted by Gasteiger charge is -2.27. The first kappa shape index (κ1) is 37.3. The van der Waals surface area contributed by atoms with Crippen LogP contribution in [0.25, 0.3) is 44.8 Å². The predicted octanol–water partition coefficient (Wildman–Crippen LogP) is 9.46. The molecule has 10 nitrogen and oxygen atoms in total. The molecule has 2 aromatic heterocycles. The van der Waals surface area contributed by atoms with Crippen LogP contribution in [0.1, 0.15) is 109 Å². The number of halogens is 1. The first-order valence-corrected chi connectivity index (χ1v) is 20.4. The summed E-state index contributed by atoms with van der Waals surface area (Å²) >= 11 is 0. The summed E-state index contributed by atoms with van der Waals surface area (Å²) in [6, 6.07) is 19.3. The van der Waals surface area contributed by atoms with E-state index in [1.165, 1.54) is 0 Å². The van der Waals surface area contributed by atoms with Gasteiger partial charge in [-0.05, 0) is 117 Å². The second-order valence-electron chi connectivity index (χ2n) is 18.3. The normalized spacial score (nSPS) is 22.6. The van der Waals surface area contributed by atoms with Crippen molar-refractivity contribution in [1.29, 1.82) is 0 Å². The first-order valence-electron chi connectivity index (χ1n) is 20.4. The van der Waals surface area contributed by atoms with Gasteiger partial charge in [0.1, 0.15) is 17.2 Å². The van der Waals surface area contributed by atoms with E-state index in [0.29, 0.717) is 17.7 Å². The van der Waals surface area contributed by atoms with E-state index in [0.717, 1.165) is 95.1 Å².